The second-order valence-corrected chi connectivity index (χ2v) is 5.39. The van der Waals surface area contributed by atoms with Crippen LogP contribution >= 0.6 is 11.8 Å². The fraction of sp³-hybridized carbons (Fsp3) is 0.500. The smallest absolute Gasteiger partial charge is 0.388 e. The van der Waals surface area contributed by atoms with Gasteiger partial charge in [-0.2, -0.15) is 13.2 Å². The highest BCUT2D eigenvalue weighted by Crippen LogP contribution is 2.40. The van der Waals surface area contributed by atoms with E-state index >= 15 is 0 Å². The third-order valence-corrected chi connectivity index (χ3v) is 3.79. The van der Waals surface area contributed by atoms with Gasteiger partial charge in [0, 0.05) is 4.90 Å². The molecule has 0 radical (unpaired) electrons. The Labute approximate surface area is 102 Å². The Hall–Kier alpha value is -0.680. The van der Waals surface area contributed by atoms with Gasteiger partial charge < -0.3 is 5.11 Å². The van der Waals surface area contributed by atoms with Gasteiger partial charge in [-0.1, -0.05) is 18.6 Å². The van der Waals surface area contributed by atoms with Crippen LogP contribution in [0.3, 0.4) is 0 Å². The first-order valence-corrected chi connectivity index (χ1v) is 6.31. The van der Waals surface area contributed by atoms with Gasteiger partial charge in [0.2, 0.25) is 0 Å². The Bertz CT molecular complexity index is 370. The number of rotatable bonds is 3. The molecule has 0 spiro atoms. The van der Waals surface area contributed by atoms with E-state index in [1.54, 1.807) is 12.1 Å². The van der Waals surface area contributed by atoms with E-state index in [0.29, 0.717) is 5.56 Å². The number of aliphatic hydroxyl groups excluding tert-OH is 1. The van der Waals surface area contributed by atoms with Crippen LogP contribution in [-0.2, 0) is 0 Å². The predicted molar refractivity (Wildman–Crippen MR) is 60.7 cm³/mol. The minimum atomic E-state index is -4.26. The van der Waals surface area contributed by atoms with Crippen molar-refractivity contribution in [2.24, 2.45) is 5.92 Å². The van der Waals surface area contributed by atoms with Crippen LogP contribution in [0.5, 0.6) is 0 Å². The van der Waals surface area contributed by atoms with Crippen molar-refractivity contribution in [3.8, 4) is 0 Å². The predicted octanol–water partition coefficient (Wildman–Crippen LogP) is 4.13. The van der Waals surface area contributed by atoms with E-state index in [1.165, 1.54) is 12.1 Å². The average Bonchev–Trinajstić information content (AvgIpc) is 2.13. The van der Waals surface area contributed by atoms with Crippen LogP contribution in [0.4, 0.5) is 13.2 Å². The van der Waals surface area contributed by atoms with Crippen molar-refractivity contribution in [2.75, 3.05) is 0 Å². The van der Waals surface area contributed by atoms with Gasteiger partial charge in [-0.05, 0) is 48.2 Å². The monoisotopic (exact) mass is 262 g/mol. The first kappa shape index (κ1) is 12.8. The molecule has 17 heavy (non-hydrogen) atoms. The molecule has 2 rings (SSSR count). The SMILES string of the molecule is OC(c1ccc(SC(F)(F)F)cc1)C1CCC1. The van der Waals surface area contributed by atoms with E-state index in [-0.39, 0.29) is 22.6 Å². The molecule has 1 atom stereocenters. The van der Waals surface area contributed by atoms with E-state index in [4.69, 9.17) is 0 Å². The highest BCUT2D eigenvalue weighted by atomic mass is 32.2. The fourth-order valence-corrected chi connectivity index (χ4v) is 2.43. The van der Waals surface area contributed by atoms with Crippen molar-refractivity contribution in [2.45, 2.75) is 35.8 Å². The number of hydrogen-bond acceptors (Lipinski definition) is 2. The summed E-state index contributed by atoms with van der Waals surface area (Å²) in [6.45, 7) is 0. The molecule has 0 bridgehead atoms. The number of aliphatic hydroxyl groups is 1. The van der Waals surface area contributed by atoms with Gasteiger partial charge in [-0.15, -0.1) is 0 Å². The van der Waals surface area contributed by atoms with Crippen molar-refractivity contribution in [1.82, 2.24) is 0 Å². The van der Waals surface area contributed by atoms with Gasteiger partial charge in [-0.3, -0.25) is 0 Å². The van der Waals surface area contributed by atoms with Gasteiger partial charge in [0.15, 0.2) is 0 Å². The first-order valence-electron chi connectivity index (χ1n) is 5.49. The maximum absolute atomic E-state index is 12.1. The summed E-state index contributed by atoms with van der Waals surface area (Å²) in [5.74, 6) is 0.274. The van der Waals surface area contributed by atoms with Crippen LogP contribution in [0.15, 0.2) is 29.2 Å². The number of benzene rings is 1. The van der Waals surface area contributed by atoms with Gasteiger partial charge >= 0.3 is 5.51 Å². The summed E-state index contributed by atoms with van der Waals surface area (Å²) in [6, 6.07) is 5.98. The third kappa shape index (κ3) is 3.39. The minimum absolute atomic E-state index is 0.132. The molecule has 1 aromatic carbocycles. The summed E-state index contributed by atoms with van der Waals surface area (Å²) >= 11 is -0.132. The zero-order valence-electron chi connectivity index (χ0n) is 9.07. The average molecular weight is 262 g/mol. The fourth-order valence-electron chi connectivity index (χ4n) is 1.89. The van der Waals surface area contributed by atoms with Crippen LogP contribution in [-0.4, -0.2) is 10.6 Å². The zero-order chi connectivity index (χ0) is 12.5. The molecular formula is C12H13F3OS. The highest BCUT2D eigenvalue weighted by molar-refractivity contribution is 8.00. The lowest BCUT2D eigenvalue weighted by molar-refractivity contribution is -0.0328. The number of halogens is 3. The van der Waals surface area contributed by atoms with E-state index in [1.807, 2.05) is 0 Å². The second kappa shape index (κ2) is 4.90. The number of hydrogen-bond donors (Lipinski definition) is 1. The topological polar surface area (TPSA) is 20.2 Å². The van der Waals surface area contributed by atoms with Gasteiger partial charge in [-0.25, -0.2) is 0 Å². The Morgan fingerprint density at radius 2 is 1.76 bits per heavy atom. The molecule has 5 heteroatoms. The van der Waals surface area contributed by atoms with E-state index in [9.17, 15) is 18.3 Å². The Morgan fingerprint density at radius 3 is 2.18 bits per heavy atom. The molecule has 1 aliphatic carbocycles. The molecular weight excluding hydrogens is 249 g/mol. The maximum atomic E-state index is 12.1. The summed E-state index contributed by atoms with van der Waals surface area (Å²) in [7, 11) is 0. The van der Waals surface area contributed by atoms with Crippen LogP contribution in [0, 0.1) is 5.92 Å². The van der Waals surface area contributed by atoms with E-state index in [0.717, 1.165) is 19.3 Å². The molecule has 1 aromatic rings. The van der Waals surface area contributed by atoms with E-state index < -0.39 is 11.6 Å². The summed E-state index contributed by atoms with van der Waals surface area (Å²) in [4.78, 5) is 0.155. The van der Waals surface area contributed by atoms with E-state index in [2.05, 4.69) is 0 Å². The minimum Gasteiger partial charge on any atom is -0.388 e. The summed E-state index contributed by atoms with van der Waals surface area (Å²) in [5.41, 5.74) is -3.55. The number of thioether (sulfide) groups is 1. The maximum Gasteiger partial charge on any atom is 0.446 e. The van der Waals surface area contributed by atoms with Crippen molar-refractivity contribution >= 4 is 11.8 Å². The normalized spacial score (nSPS) is 18.8. The van der Waals surface area contributed by atoms with Crippen LogP contribution < -0.4 is 0 Å². The van der Waals surface area contributed by atoms with Crippen molar-refractivity contribution in [3.63, 3.8) is 0 Å². The molecule has 1 aliphatic rings. The molecule has 1 saturated carbocycles. The molecule has 1 fully saturated rings. The standard InChI is InChI=1S/C12H13F3OS/c13-12(14,15)17-10-6-4-9(5-7-10)11(16)8-2-1-3-8/h4-8,11,16H,1-3H2. The molecule has 94 valence electrons. The second-order valence-electron chi connectivity index (χ2n) is 4.25. The Kier molecular flexibility index (Phi) is 3.68. The Balaban J connectivity index is 2.02. The quantitative estimate of drug-likeness (QED) is 0.826. The summed E-state index contributed by atoms with van der Waals surface area (Å²) in [6.07, 6.45) is 2.60. The molecule has 0 saturated heterocycles. The molecule has 0 aromatic heterocycles. The zero-order valence-corrected chi connectivity index (χ0v) is 9.89. The molecule has 1 N–H and O–H groups in total. The molecule has 1 nitrogen and oxygen atoms in total. The third-order valence-electron chi connectivity index (χ3n) is 3.05. The summed E-state index contributed by atoms with van der Waals surface area (Å²) in [5, 5.41) is 9.93. The molecule has 1 unspecified atom stereocenters. The van der Waals surface area contributed by atoms with Crippen molar-refractivity contribution in [1.29, 1.82) is 0 Å². The lowest BCUT2D eigenvalue weighted by atomic mass is 9.79. The van der Waals surface area contributed by atoms with Crippen molar-refractivity contribution < 1.29 is 18.3 Å². The van der Waals surface area contributed by atoms with Crippen molar-refractivity contribution in [3.05, 3.63) is 29.8 Å². The lowest BCUT2D eigenvalue weighted by Gasteiger charge is -2.30. The molecule has 0 heterocycles. The largest absolute Gasteiger partial charge is 0.446 e. The lowest BCUT2D eigenvalue weighted by Crippen LogP contribution is -2.19. The molecule has 0 amide bonds. The Morgan fingerprint density at radius 1 is 1.18 bits per heavy atom. The van der Waals surface area contributed by atoms with Crippen LogP contribution in [0.1, 0.15) is 30.9 Å². The van der Waals surface area contributed by atoms with Gasteiger partial charge in [0.05, 0.1) is 6.10 Å². The first-order chi connectivity index (χ1) is 7.96. The van der Waals surface area contributed by atoms with Gasteiger partial charge in [0.25, 0.3) is 0 Å². The number of alkyl halides is 3. The van der Waals surface area contributed by atoms with Crippen LogP contribution in [0.25, 0.3) is 0 Å². The van der Waals surface area contributed by atoms with Crippen LogP contribution in [0.2, 0.25) is 0 Å². The highest BCUT2D eigenvalue weighted by Gasteiger charge is 2.30. The summed E-state index contributed by atoms with van der Waals surface area (Å²) < 4.78 is 36.3. The van der Waals surface area contributed by atoms with Gasteiger partial charge in [0.1, 0.15) is 0 Å². The molecule has 0 aliphatic heterocycles.